The number of carbonyl (C=O) groups is 1. The summed E-state index contributed by atoms with van der Waals surface area (Å²) in [6.07, 6.45) is 6.58. The second-order valence-corrected chi connectivity index (χ2v) is 4.59. The first-order valence-corrected chi connectivity index (χ1v) is 6.44. The average Bonchev–Trinajstić information content (AvgIpc) is 2.90. The number of halogens is 1. The molecule has 1 amide bonds. The van der Waals surface area contributed by atoms with Crippen LogP contribution in [0, 0.1) is 0 Å². The van der Waals surface area contributed by atoms with Gasteiger partial charge >= 0.3 is 0 Å². The maximum atomic E-state index is 12.2. The monoisotopic (exact) mass is 292 g/mol. The molecular formula is C14H17ClN4O. The van der Waals surface area contributed by atoms with Gasteiger partial charge in [0.25, 0.3) is 5.91 Å². The Labute approximate surface area is 123 Å². The third kappa shape index (κ3) is 3.00. The number of nitrogens with one attached hydrogen (secondary N) is 2. The summed E-state index contributed by atoms with van der Waals surface area (Å²) in [7, 11) is 0. The highest BCUT2D eigenvalue weighted by Crippen LogP contribution is 2.10. The number of carbonyl (C=O) groups excluding carboxylic acids is 1. The first kappa shape index (κ1) is 14.6. The molecule has 0 unspecified atom stereocenters. The number of fused-ring (bicyclic) bond motifs is 1. The molecule has 3 rings (SSSR count). The first-order valence-electron chi connectivity index (χ1n) is 6.44. The summed E-state index contributed by atoms with van der Waals surface area (Å²) in [5.41, 5.74) is 2.73. The molecule has 1 aliphatic heterocycles. The van der Waals surface area contributed by atoms with Crippen LogP contribution in [0.1, 0.15) is 16.8 Å². The van der Waals surface area contributed by atoms with Gasteiger partial charge in [-0.2, -0.15) is 5.10 Å². The molecule has 2 aromatic heterocycles. The third-order valence-electron chi connectivity index (χ3n) is 3.31. The van der Waals surface area contributed by atoms with Crippen molar-refractivity contribution in [2.24, 2.45) is 0 Å². The summed E-state index contributed by atoms with van der Waals surface area (Å²) >= 11 is 0. The number of aromatic nitrogens is 2. The molecule has 0 radical (unpaired) electrons. The molecule has 5 nitrogen and oxygen atoms in total. The molecule has 1 aliphatic rings. The lowest BCUT2D eigenvalue weighted by molar-refractivity contribution is 0.0958. The number of amides is 1. The van der Waals surface area contributed by atoms with Gasteiger partial charge in [-0.3, -0.25) is 4.79 Å². The van der Waals surface area contributed by atoms with E-state index in [0.717, 1.165) is 25.0 Å². The number of nitrogens with zero attached hydrogens (tertiary/aromatic N) is 2. The Bertz CT molecular complexity index is 635. The van der Waals surface area contributed by atoms with Gasteiger partial charge in [-0.25, -0.2) is 4.52 Å². The Balaban J connectivity index is 0.00000147. The van der Waals surface area contributed by atoms with Crippen LogP contribution in [0.4, 0.5) is 0 Å². The Morgan fingerprint density at radius 2 is 2.35 bits per heavy atom. The molecule has 0 aromatic carbocycles. The van der Waals surface area contributed by atoms with Gasteiger partial charge < -0.3 is 10.6 Å². The van der Waals surface area contributed by atoms with E-state index in [1.54, 1.807) is 10.7 Å². The zero-order valence-corrected chi connectivity index (χ0v) is 11.8. The zero-order chi connectivity index (χ0) is 13.1. The zero-order valence-electron chi connectivity index (χ0n) is 11.0. The summed E-state index contributed by atoms with van der Waals surface area (Å²) in [6, 6.07) is 5.69. The van der Waals surface area contributed by atoms with Crippen LogP contribution < -0.4 is 10.6 Å². The predicted molar refractivity (Wildman–Crippen MR) is 80.3 cm³/mol. The fourth-order valence-corrected chi connectivity index (χ4v) is 2.23. The second-order valence-electron chi connectivity index (χ2n) is 4.59. The van der Waals surface area contributed by atoms with Crippen LogP contribution in [0.2, 0.25) is 0 Å². The molecular weight excluding hydrogens is 276 g/mol. The van der Waals surface area contributed by atoms with Crippen LogP contribution in [0.25, 0.3) is 5.52 Å². The van der Waals surface area contributed by atoms with E-state index >= 15 is 0 Å². The molecule has 20 heavy (non-hydrogen) atoms. The molecule has 2 aromatic rings. The van der Waals surface area contributed by atoms with E-state index < -0.39 is 0 Å². The highest BCUT2D eigenvalue weighted by atomic mass is 35.5. The largest absolute Gasteiger partial charge is 0.348 e. The van der Waals surface area contributed by atoms with E-state index in [4.69, 9.17) is 0 Å². The minimum atomic E-state index is -0.0689. The molecule has 0 spiro atoms. The number of pyridine rings is 1. The fraction of sp³-hybridized carbons (Fsp3) is 0.286. The SMILES string of the molecule is Cl.O=C(NCC1=CCNCC1)c1cnn2ccccc12. The minimum Gasteiger partial charge on any atom is -0.348 e. The van der Waals surface area contributed by atoms with Gasteiger partial charge in [-0.1, -0.05) is 17.7 Å². The van der Waals surface area contributed by atoms with Crippen molar-refractivity contribution in [3.05, 3.63) is 47.8 Å². The van der Waals surface area contributed by atoms with Crippen molar-refractivity contribution < 1.29 is 4.79 Å². The maximum absolute atomic E-state index is 12.2. The molecule has 0 atom stereocenters. The maximum Gasteiger partial charge on any atom is 0.255 e. The Morgan fingerprint density at radius 1 is 1.45 bits per heavy atom. The van der Waals surface area contributed by atoms with Gasteiger partial charge in [0.2, 0.25) is 0 Å². The molecule has 0 fully saturated rings. The molecule has 2 N–H and O–H groups in total. The normalized spacial score (nSPS) is 14.5. The number of hydrogen-bond acceptors (Lipinski definition) is 3. The lowest BCUT2D eigenvalue weighted by Crippen LogP contribution is -2.29. The average molecular weight is 293 g/mol. The topological polar surface area (TPSA) is 58.4 Å². The van der Waals surface area contributed by atoms with E-state index in [2.05, 4.69) is 21.8 Å². The summed E-state index contributed by atoms with van der Waals surface area (Å²) in [4.78, 5) is 12.2. The van der Waals surface area contributed by atoms with Crippen LogP contribution in [0.3, 0.4) is 0 Å². The Hall–Kier alpha value is -1.85. The van der Waals surface area contributed by atoms with E-state index in [-0.39, 0.29) is 18.3 Å². The van der Waals surface area contributed by atoms with Crippen molar-refractivity contribution in [2.75, 3.05) is 19.6 Å². The van der Waals surface area contributed by atoms with Crippen LogP contribution in [0.15, 0.2) is 42.2 Å². The second kappa shape index (κ2) is 6.54. The van der Waals surface area contributed by atoms with E-state index in [9.17, 15) is 4.79 Å². The van der Waals surface area contributed by atoms with E-state index in [1.807, 2.05) is 24.4 Å². The predicted octanol–water partition coefficient (Wildman–Crippen LogP) is 1.41. The van der Waals surface area contributed by atoms with Crippen molar-refractivity contribution >= 4 is 23.8 Å². The number of hydrogen-bond donors (Lipinski definition) is 2. The molecule has 0 saturated carbocycles. The standard InChI is InChI=1S/C14H16N4O.ClH/c19-14(16-9-11-4-6-15-7-5-11)12-10-17-18-8-2-1-3-13(12)18;/h1-4,8,10,15H,5-7,9H2,(H,16,19);1H. The summed E-state index contributed by atoms with van der Waals surface area (Å²) < 4.78 is 1.71. The molecule has 0 aliphatic carbocycles. The van der Waals surface area contributed by atoms with Crippen LogP contribution in [-0.4, -0.2) is 35.2 Å². The van der Waals surface area contributed by atoms with E-state index in [1.165, 1.54) is 5.57 Å². The third-order valence-corrected chi connectivity index (χ3v) is 3.31. The molecule has 0 saturated heterocycles. The summed E-state index contributed by atoms with van der Waals surface area (Å²) in [5, 5.41) is 10.4. The Morgan fingerprint density at radius 3 is 3.15 bits per heavy atom. The quantitative estimate of drug-likeness (QED) is 0.841. The van der Waals surface area contributed by atoms with Gasteiger partial charge in [0.1, 0.15) is 0 Å². The smallest absolute Gasteiger partial charge is 0.255 e. The molecule has 3 heterocycles. The highest BCUT2D eigenvalue weighted by molar-refractivity contribution is 6.00. The van der Waals surface area contributed by atoms with E-state index in [0.29, 0.717) is 12.1 Å². The molecule has 106 valence electrons. The van der Waals surface area contributed by atoms with Crippen molar-refractivity contribution in [1.29, 1.82) is 0 Å². The van der Waals surface area contributed by atoms with Gasteiger partial charge in [0.15, 0.2) is 0 Å². The van der Waals surface area contributed by atoms with Crippen molar-refractivity contribution in [1.82, 2.24) is 20.2 Å². The van der Waals surface area contributed by atoms with Gasteiger partial charge in [-0.05, 0) is 25.1 Å². The lowest BCUT2D eigenvalue weighted by atomic mass is 10.1. The van der Waals surface area contributed by atoms with Crippen molar-refractivity contribution in [3.8, 4) is 0 Å². The number of rotatable bonds is 3. The summed E-state index contributed by atoms with van der Waals surface area (Å²) in [5.74, 6) is -0.0689. The van der Waals surface area contributed by atoms with Crippen molar-refractivity contribution in [2.45, 2.75) is 6.42 Å². The van der Waals surface area contributed by atoms with Gasteiger partial charge in [0.05, 0.1) is 17.3 Å². The highest BCUT2D eigenvalue weighted by Gasteiger charge is 2.12. The van der Waals surface area contributed by atoms with Crippen LogP contribution in [-0.2, 0) is 0 Å². The fourth-order valence-electron chi connectivity index (χ4n) is 2.23. The Kier molecular flexibility index (Phi) is 4.76. The van der Waals surface area contributed by atoms with Crippen molar-refractivity contribution in [3.63, 3.8) is 0 Å². The lowest BCUT2D eigenvalue weighted by Gasteiger charge is -2.14. The minimum absolute atomic E-state index is 0. The molecule has 0 bridgehead atoms. The van der Waals surface area contributed by atoms with Crippen LogP contribution in [0.5, 0.6) is 0 Å². The summed E-state index contributed by atoms with van der Waals surface area (Å²) in [6.45, 7) is 2.49. The van der Waals surface area contributed by atoms with Crippen LogP contribution >= 0.6 is 12.4 Å². The molecule has 6 heteroatoms. The van der Waals surface area contributed by atoms with Gasteiger partial charge in [0, 0.05) is 19.3 Å². The first-order chi connectivity index (χ1) is 9.34. The van der Waals surface area contributed by atoms with Gasteiger partial charge in [-0.15, -0.1) is 12.4 Å².